The molecule has 33 heavy (non-hydrogen) atoms. The van der Waals surface area contributed by atoms with Gasteiger partial charge in [0, 0.05) is 19.5 Å². The van der Waals surface area contributed by atoms with Gasteiger partial charge in [-0.1, -0.05) is 35.5 Å². The van der Waals surface area contributed by atoms with Crippen LogP contribution >= 0.6 is 0 Å². The summed E-state index contributed by atoms with van der Waals surface area (Å²) in [7, 11) is 2.82. The van der Waals surface area contributed by atoms with Crippen molar-refractivity contribution >= 4 is 24.0 Å². The number of methoxy groups -OCH3 is 1. The first-order valence-corrected chi connectivity index (χ1v) is 10.2. The molecule has 9 nitrogen and oxygen atoms in total. The van der Waals surface area contributed by atoms with Crippen LogP contribution in [0.2, 0.25) is 0 Å². The Bertz CT molecular complexity index is 1110. The fourth-order valence-electron chi connectivity index (χ4n) is 3.07. The third-order valence-electron chi connectivity index (χ3n) is 4.80. The van der Waals surface area contributed by atoms with Crippen molar-refractivity contribution in [3.05, 3.63) is 77.2 Å². The number of nitrogens with zero attached hydrogens (tertiary/aromatic N) is 2. The molecule has 172 valence electrons. The molecule has 0 saturated heterocycles. The van der Waals surface area contributed by atoms with Gasteiger partial charge in [-0.2, -0.15) is 0 Å². The van der Waals surface area contributed by atoms with Gasteiger partial charge in [0.25, 0.3) is 5.91 Å². The van der Waals surface area contributed by atoms with Gasteiger partial charge in [0.05, 0.1) is 24.4 Å². The van der Waals surface area contributed by atoms with Crippen LogP contribution in [0, 0.1) is 0 Å². The van der Waals surface area contributed by atoms with Gasteiger partial charge in [-0.05, 0) is 30.7 Å². The predicted molar refractivity (Wildman–Crippen MR) is 120 cm³/mol. The summed E-state index contributed by atoms with van der Waals surface area (Å²) in [5, 5.41) is 6.65. The number of benzene rings is 2. The Kier molecular flexibility index (Phi) is 7.80. The smallest absolute Gasteiger partial charge is 0.337 e. The zero-order valence-electron chi connectivity index (χ0n) is 18.6. The van der Waals surface area contributed by atoms with Crippen molar-refractivity contribution in [2.24, 2.45) is 0 Å². The van der Waals surface area contributed by atoms with Crippen molar-refractivity contribution < 1.29 is 28.4 Å². The molecule has 0 bridgehead atoms. The summed E-state index contributed by atoms with van der Waals surface area (Å²) in [6, 6.07) is 15.6. The minimum Gasteiger partial charge on any atom is -0.489 e. The number of hydrogen-bond acceptors (Lipinski definition) is 7. The molecule has 0 radical (unpaired) electrons. The second-order valence-electron chi connectivity index (χ2n) is 7.42. The lowest BCUT2D eigenvalue weighted by atomic mass is 10.1. The highest BCUT2D eigenvalue weighted by molar-refractivity contribution is 5.93. The summed E-state index contributed by atoms with van der Waals surface area (Å²) < 4.78 is 15.8. The predicted octanol–water partition coefficient (Wildman–Crippen LogP) is 2.84. The van der Waals surface area contributed by atoms with Crippen molar-refractivity contribution in [3.63, 3.8) is 0 Å². The van der Waals surface area contributed by atoms with Gasteiger partial charge >= 0.3 is 5.97 Å². The van der Waals surface area contributed by atoms with Crippen LogP contribution < -0.4 is 15.0 Å². The molecule has 9 heteroatoms. The standard InChI is InChI=1S/C24H25N3O6/c1-16(14-32-22-10-9-18(24(30)31-3)12-21(22)27(2)15-28)25-23(29)20-13-19(33-26-20)11-17-7-5-4-6-8-17/h4-10,12-13,15-16H,11,14H2,1-3H3,(H,25,29)/t16-/m1/s1. The molecule has 0 unspecified atom stereocenters. The first-order valence-electron chi connectivity index (χ1n) is 10.2. The molecule has 2 amide bonds. The second-order valence-corrected chi connectivity index (χ2v) is 7.42. The number of hydrogen-bond donors (Lipinski definition) is 1. The van der Waals surface area contributed by atoms with Gasteiger partial charge in [-0.25, -0.2) is 4.79 Å². The van der Waals surface area contributed by atoms with Gasteiger partial charge in [0.2, 0.25) is 6.41 Å². The lowest BCUT2D eigenvalue weighted by Gasteiger charge is -2.20. The largest absolute Gasteiger partial charge is 0.489 e. The zero-order valence-corrected chi connectivity index (χ0v) is 18.6. The van der Waals surface area contributed by atoms with Gasteiger partial charge in [0.1, 0.15) is 18.1 Å². The van der Waals surface area contributed by atoms with Gasteiger partial charge < -0.3 is 24.2 Å². The Morgan fingerprint density at radius 3 is 2.64 bits per heavy atom. The van der Waals surface area contributed by atoms with Crippen LogP contribution in [0.5, 0.6) is 5.75 Å². The van der Waals surface area contributed by atoms with E-state index in [1.807, 2.05) is 30.3 Å². The Labute approximate surface area is 191 Å². The average Bonchev–Trinajstić information content (AvgIpc) is 3.31. The van der Waals surface area contributed by atoms with Gasteiger partial charge in [-0.15, -0.1) is 0 Å². The number of aromatic nitrogens is 1. The second kappa shape index (κ2) is 10.9. The summed E-state index contributed by atoms with van der Waals surface area (Å²) >= 11 is 0. The summed E-state index contributed by atoms with van der Waals surface area (Å²) in [6.07, 6.45) is 1.14. The van der Waals surface area contributed by atoms with Crippen molar-refractivity contribution in [2.75, 3.05) is 25.7 Å². The molecule has 0 fully saturated rings. The average molecular weight is 451 g/mol. The molecule has 0 aliphatic heterocycles. The Hall–Kier alpha value is -4.14. The van der Waals surface area contributed by atoms with Gasteiger partial charge in [0.15, 0.2) is 5.69 Å². The molecule has 1 aromatic heterocycles. The van der Waals surface area contributed by atoms with Crippen molar-refractivity contribution in [2.45, 2.75) is 19.4 Å². The maximum Gasteiger partial charge on any atom is 0.337 e. The Morgan fingerprint density at radius 2 is 1.94 bits per heavy atom. The minimum absolute atomic E-state index is 0.123. The normalized spacial score (nSPS) is 11.4. The highest BCUT2D eigenvalue weighted by Gasteiger charge is 2.18. The van der Waals surface area contributed by atoms with Crippen molar-refractivity contribution in [1.82, 2.24) is 10.5 Å². The third-order valence-corrected chi connectivity index (χ3v) is 4.80. The van der Waals surface area contributed by atoms with E-state index in [1.54, 1.807) is 26.1 Å². The first-order chi connectivity index (χ1) is 15.9. The van der Waals surface area contributed by atoms with E-state index in [1.165, 1.54) is 24.1 Å². The molecule has 3 aromatic rings. The van der Waals surface area contributed by atoms with Crippen LogP contribution in [0.25, 0.3) is 0 Å². The number of ether oxygens (including phenoxy) is 2. The van der Waals surface area contributed by atoms with E-state index in [4.69, 9.17) is 14.0 Å². The number of carbonyl (C=O) groups is 3. The molecule has 0 saturated carbocycles. The number of amides is 2. The van der Waals surface area contributed by atoms with E-state index in [2.05, 4.69) is 10.5 Å². The number of rotatable bonds is 10. The van der Waals surface area contributed by atoms with E-state index >= 15 is 0 Å². The van der Waals surface area contributed by atoms with E-state index in [9.17, 15) is 14.4 Å². The third kappa shape index (κ3) is 6.19. The summed E-state index contributed by atoms with van der Waals surface area (Å²) in [6.45, 7) is 1.90. The quantitative estimate of drug-likeness (QED) is 0.373. The van der Waals surface area contributed by atoms with E-state index < -0.39 is 5.97 Å². The monoisotopic (exact) mass is 451 g/mol. The first kappa shape index (κ1) is 23.5. The number of carbonyl (C=O) groups excluding carboxylic acids is 3. The molecular weight excluding hydrogens is 426 g/mol. The van der Waals surface area contributed by atoms with Crippen molar-refractivity contribution in [1.29, 1.82) is 0 Å². The Morgan fingerprint density at radius 1 is 1.18 bits per heavy atom. The SMILES string of the molecule is COC(=O)c1ccc(OC[C@@H](C)NC(=O)c2cc(Cc3ccccc3)on2)c(N(C)C=O)c1. The summed E-state index contributed by atoms with van der Waals surface area (Å²) in [4.78, 5) is 36.8. The van der Waals surface area contributed by atoms with Crippen LogP contribution in [0.1, 0.15) is 39.1 Å². The molecule has 0 aliphatic rings. The minimum atomic E-state index is -0.526. The highest BCUT2D eigenvalue weighted by atomic mass is 16.5. The fourth-order valence-corrected chi connectivity index (χ4v) is 3.07. The lowest BCUT2D eigenvalue weighted by Crippen LogP contribution is -2.37. The summed E-state index contributed by atoms with van der Waals surface area (Å²) in [5.74, 6) is 0.0508. The van der Waals surface area contributed by atoms with E-state index in [0.717, 1.165) is 5.56 Å². The molecule has 1 heterocycles. The molecule has 3 rings (SSSR count). The van der Waals surface area contributed by atoms with Crippen molar-refractivity contribution in [3.8, 4) is 5.75 Å². The molecule has 1 N–H and O–H groups in total. The number of nitrogens with one attached hydrogen (secondary N) is 1. The molecular formula is C24H25N3O6. The maximum atomic E-state index is 12.5. The highest BCUT2D eigenvalue weighted by Crippen LogP contribution is 2.28. The fraction of sp³-hybridized carbons (Fsp3) is 0.250. The molecule has 0 spiro atoms. The molecule has 0 aliphatic carbocycles. The van der Waals surface area contributed by atoms with Crippen LogP contribution in [-0.2, 0) is 16.0 Å². The van der Waals surface area contributed by atoms with Crippen LogP contribution in [-0.4, -0.2) is 50.2 Å². The van der Waals surface area contributed by atoms with E-state index in [0.29, 0.717) is 30.0 Å². The molecule has 2 aromatic carbocycles. The van der Waals surface area contributed by atoms with Crippen LogP contribution in [0.15, 0.2) is 59.1 Å². The number of anilines is 1. The molecule has 1 atom stereocenters. The van der Waals surface area contributed by atoms with Crippen LogP contribution in [0.4, 0.5) is 5.69 Å². The maximum absolute atomic E-state index is 12.5. The summed E-state index contributed by atoms with van der Waals surface area (Å²) in [5.41, 5.74) is 1.91. The van der Waals surface area contributed by atoms with Gasteiger partial charge in [-0.3, -0.25) is 9.59 Å². The topological polar surface area (TPSA) is 111 Å². The van der Waals surface area contributed by atoms with Crippen LogP contribution in [0.3, 0.4) is 0 Å². The number of esters is 1. The van der Waals surface area contributed by atoms with E-state index in [-0.39, 0.29) is 29.8 Å². The zero-order chi connectivity index (χ0) is 23.8. The lowest BCUT2D eigenvalue weighted by molar-refractivity contribution is -0.107. The Balaban J connectivity index is 1.60.